The summed E-state index contributed by atoms with van der Waals surface area (Å²) in [6.07, 6.45) is 0. The summed E-state index contributed by atoms with van der Waals surface area (Å²) in [6, 6.07) is 14.2. The van der Waals surface area contributed by atoms with Gasteiger partial charge in [-0.25, -0.2) is 0 Å². The number of hydrogen-bond acceptors (Lipinski definition) is 3. The van der Waals surface area contributed by atoms with E-state index in [0.29, 0.717) is 6.54 Å². The number of hydrogen-bond donors (Lipinski definition) is 2. The first kappa shape index (κ1) is 14.6. The molecule has 2 aromatic carbocycles. The molecule has 0 saturated carbocycles. The van der Waals surface area contributed by atoms with E-state index in [1.54, 1.807) is 0 Å². The van der Waals surface area contributed by atoms with Crippen LogP contribution >= 0.6 is 0 Å². The first-order chi connectivity index (χ1) is 9.67. The largest absolute Gasteiger partial charge is 0.457 e. The topological polar surface area (TPSA) is 41.5 Å². The summed E-state index contributed by atoms with van der Waals surface area (Å²) in [6.45, 7) is 5.66. The van der Waals surface area contributed by atoms with Gasteiger partial charge in [0, 0.05) is 13.1 Å². The van der Waals surface area contributed by atoms with Crippen LogP contribution in [0.3, 0.4) is 0 Å². The molecule has 3 heteroatoms. The van der Waals surface area contributed by atoms with Gasteiger partial charge in [-0.1, -0.05) is 18.2 Å². The van der Waals surface area contributed by atoms with Crippen LogP contribution in [0, 0.1) is 13.8 Å². The third kappa shape index (κ3) is 4.37. The molecule has 20 heavy (non-hydrogen) atoms. The molecule has 2 aromatic rings. The van der Waals surface area contributed by atoms with Crippen LogP contribution in [0.15, 0.2) is 42.5 Å². The van der Waals surface area contributed by atoms with Crippen molar-refractivity contribution in [1.29, 1.82) is 0 Å². The Kier molecular flexibility index (Phi) is 5.16. The van der Waals surface area contributed by atoms with Gasteiger partial charge < -0.3 is 15.2 Å². The molecule has 2 rings (SSSR count). The zero-order valence-corrected chi connectivity index (χ0v) is 12.0. The molecule has 0 fully saturated rings. The second-order valence-corrected chi connectivity index (χ2v) is 4.97. The van der Waals surface area contributed by atoms with Gasteiger partial charge in [-0.3, -0.25) is 0 Å². The SMILES string of the molecule is Cc1cc(C)cc(Oc2ccc(CNCCO)cc2)c1. The molecule has 0 aliphatic carbocycles. The Labute approximate surface area is 120 Å². The molecular formula is C17H21NO2. The van der Waals surface area contributed by atoms with Crippen LogP contribution in [0.25, 0.3) is 0 Å². The van der Waals surface area contributed by atoms with Crippen LogP contribution < -0.4 is 10.1 Å². The van der Waals surface area contributed by atoms with Gasteiger partial charge in [-0.2, -0.15) is 0 Å². The van der Waals surface area contributed by atoms with Crippen LogP contribution in [-0.4, -0.2) is 18.3 Å². The van der Waals surface area contributed by atoms with Crippen LogP contribution in [0.2, 0.25) is 0 Å². The van der Waals surface area contributed by atoms with Gasteiger partial charge in [-0.05, 0) is 54.8 Å². The van der Waals surface area contributed by atoms with Crippen molar-refractivity contribution in [2.45, 2.75) is 20.4 Å². The van der Waals surface area contributed by atoms with Crippen molar-refractivity contribution in [3.05, 3.63) is 59.2 Å². The van der Waals surface area contributed by atoms with Crippen LogP contribution in [-0.2, 0) is 6.54 Å². The Morgan fingerprint density at radius 2 is 1.60 bits per heavy atom. The van der Waals surface area contributed by atoms with E-state index in [0.717, 1.165) is 18.0 Å². The van der Waals surface area contributed by atoms with E-state index >= 15 is 0 Å². The summed E-state index contributed by atoms with van der Waals surface area (Å²) in [4.78, 5) is 0. The second-order valence-electron chi connectivity index (χ2n) is 4.97. The van der Waals surface area contributed by atoms with E-state index in [2.05, 4.69) is 25.2 Å². The van der Waals surface area contributed by atoms with E-state index in [1.807, 2.05) is 36.4 Å². The fraction of sp³-hybridized carbons (Fsp3) is 0.294. The predicted molar refractivity (Wildman–Crippen MR) is 81.2 cm³/mol. The first-order valence-corrected chi connectivity index (χ1v) is 6.84. The second kappa shape index (κ2) is 7.08. The number of aliphatic hydroxyl groups excluding tert-OH is 1. The minimum Gasteiger partial charge on any atom is -0.457 e. The molecule has 0 unspecified atom stereocenters. The highest BCUT2D eigenvalue weighted by Crippen LogP contribution is 2.24. The average molecular weight is 271 g/mol. The highest BCUT2D eigenvalue weighted by molar-refractivity contribution is 5.37. The summed E-state index contributed by atoms with van der Waals surface area (Å²) < 4.78 is 5.86. The Hall–Kier alpha value is -1.84. The molecule has 0 saturated heterocycles. The van der Waals surface area contributed by atoms with Crippen LogP contribution in [0.1, 0.15) is 16.7 Å². The normalized spacial score (nSPS) is 10.6. The maximum Gasteiger partial charge on any atom is 0.127 e. The summed E-state index contributed by atoms with van der Waals surface area (Å²) in [5.41, 5.74) is 3.57. The zero-order chi connectivity index (χ0) is 14.4. The molecule has 0 heterocycles. The molecule has 0 spiro atoms. The summed E-state index contributed by atoms with van der Waals surface area (Å²) in [7, 11) is 0. The van der Waals surface area contributed by atoms with Gasteiger partial charge in [0.15, 0.2) is 0 Å². The number of rotatable bonds is 6. The molecule has 0 bridgehead atoms. The Morgan fingerprint density at radius 3 is 2.20 bits per heavy atom. The van der Waals surface area contributed by atoms with Crippen LogP contribution in [0.5, 0.6) is 11.5 Å². The van der Waals surface area contributed by atoms with Gasteiger partial charge in [0.1, 0.15) is 11.5 Å². The van der Waals surface area contributed by atoms with E-state index < -0.39 is 0 Å². The van der Waals surface area contributed by atoms with E-state index in [1.165, 1.54) is 16.7 Å². The third-order valence-electron chi connectivity index (χ3n) is 2.97. The van der Waals surface area contributed by atoms with Gasteiger partial charge >= 0.3 is 0 Å². The van der Waals surface area contributed by atoms with E-state index in [-0.39, 0.29) is 6.61 Å². The standard InChI is InChI=1S/C17H21NO2/c1-13-9-14(2)11-17(10-13)20-16-5-3-15(4-6-16)12-18-7-8-19/h3-6,9-11,18-19H,7-8,12H2,1-2H3. The number of ether oxygens (including phenoxy) is 1. The zero-order valence-electron chi connectivity index (χ0n) is 12.0. The van der Waals surface area contributed by atoms with Gasteiger partial charge in [0.25, 0.3) is 0 Å². The smallest absolute Gasteiger partial charge is 0.127 e. The number of benzene rings is 2. The van der Waals surface area contributed by atoms with Gasteiger partial charge in [0.05, 0.1) is 6.61 Å². The molecule has 3 nitrogen and oxygen atoms in total. The fourth-order valence-electron chi connectivity index (χ4n) is 2.12. The molecule has 2 N–H and O–H groups in total. The van der Waals surface area contributed by atoms with Crippen molar-refractivity contribution in [2.75, 3.05) is 13.2 Å². The lowest BCUT2D eigenvalue weighted by atomic mass is 10.1. The van der Waals surface area contributed by atoms with Gasteiger partial charge in [0.2, 0.25) is 0 Å². The summed E-state index contributed by atoms with van der Waals surface area (Å²) in [5, 5.41) is 11.9. The molecule has 0 atom stereocenters. The Balaban J connectivity index is 1.99. The Bertz CT molecular complexity index is 529. The van der Waals surface area contributed by atoms with Crippen molar-refractivity contribution in [1.82, 2.24) is 5.32 Å². The van der Waals surface area contributed by atoms with Crippen molar-refractivity contribution >= 4 is 0 Å². The maximum atomic E-state index is 8.71. The maximum absolute atomic E-state index is 8.71. The first-order valence-electron chi connectivity index (χ1n) is 6.84. The van der Waals surface area contributed by atoms with E-state index in [4.69, 9.17) is 9.84 Å². The van der Waals surface area contributed by atoms with Crippen molar-refractivity contribution < 1.29 is 9.84 Å². The molecule has 0 radical (unpaired) electrons. The minimum atomic E-state index is 0.161. The summed E-state index contributed by atoms with van der Waals surface area (Å²) >= 11 is 0. The number of nitrogens with one attached hydrogen (secondary N) is 1. The molecule has 106 valence electrons. The molecular weight excluding hydrogens is 250 g/mol. The monoisotopic (exact) mass is 271 g/mol. The molecule has 0 aliphatic heterocycles. The van der Waals surface area contributed by atoms with E-state index in [9.17, 15) is 0 Å². The summed E-state index contributed by atoms with van der Waals surface area (Å²) in [5.74, 6) is 1.70. The lowest BCUT2D eigenvalue weighted by Crippen LogP contribution is -2.17. The fourth-order valence-corrected chi connectivity index (χ4v) is 2.12. The van der Waals surface area contributed by atoms with Crippen molar-refractivity contribution in [2.24, 2.45) is 0 Å². The Morgan fingerprint density at radius 1 is 0.950 bits per heavy atom. The quantitative estimate of drug-likeness (QED) is 0.793. The highest BCUT2D eigenvalue weighted by atomic mass is 16.5. The lowest BCUT2D eigenvalue weighted by molar-refractivity contribution is 0.292. The molecule has 0 aromatic heterocycles. The van der Waals surface area contributed by atoms with Crippen molar-refractivity contribution in [3.63, 3.8) is 0 Å². The average Bonchev–Trinajstić information content (AvgIpc) is 2.40. The predicted octanol–water partition coefficient (Wildman–Crippen LogP) is 3.18. The number of aryl methyl sites for hydroxylation is 2. The minimum absolute atomic E-state index is 0.161. The number of aliphatic hydroxyl groups is 1. The lowest BCUT2D eigenvalue weighted by Gasteiger charge is -2.09. The third-order valence-corrected chi connectivity index (χ3v) is 2.97. The van der Waals surface area contributed by atoms with Crippen molar-refractivity contribution in [3.8, 4) is 11.5 Å². The van der Waals surface area contributed by atoms with Gasteiger partial charge in [-0.15, -0.1) is 0 Å². The highest BCUT2D eigenvalue weighted by Gasteiger charge is 2.00. The molecule has 0 amide bonds. The van der Waals surface area contributed by atoms with Crippen LogP contribution in [0.4, 0.5) is 0 Å². The molecule has 0 aliphatic rings.